The highest BCUT2D eigenvalue weighted by Crippen LogP contribution is 2.42. The van der Waals surface area contributed by atoms with Gasteiger partial charge in [-0.3, -0.25) is 0 Å². The lowest BCUT2D eigenvalue weighted by Crippen LogP contribution is -1.94. The molecule has 220 valence electrons. The number of hydrogen-bond donors (Lipinski definition) is 0. The van der Waals surface area contributed by atoms with Crippen molar-refractivity contribution in [2.45, 2.75) is 0 Å². The Morgan fingerprint density at radius 3 is 2.30 bits per heavy atom. The SMILES string of the molecule is c1cc(-c2cc3c4sncc4n4nccc4c3s2)cc(-n2c3ccccc3c3cc(-c4ccc5oc6ccccc6c5c4)ccc32)c1. The predicted molar refractivity (Wildman–Crippen MR) is 196 cm³/mol. The summed E-state index contributed by atoms with van der Waals surface area (Å²) < 4.78 is 17.4. The van der Waals surface area contributed by atoms with Gasteiger partial charge >= 0.3 is 0 Å². The number of benzene rings is 5. The molecule has 0 aliphatic carbocycles. The van der Waals surface area contributed by atoms with Gasteiger partial charge in [0.2, 0.25) is 0 Å². The fourth-order valence-corrected chi connectivity index (χ4v) is 9.25. The van der Waals surface area contributed by atoms with E-state index in [4.69, 9.17) is 4.42 Å². The standard InChI is InChI=1S/C40H22N4OS2/c1-3-10-32-27(8-1)29-19-23(24-13-15-37-30(20-24)28-9-2-4-11-36(28)45-37)12-14-33(29)43(32)26-7-5-6-25(18-26)38-21-31-39(46-38)34-16-17-41-44(34)35-22-42-47-40(31)35/h1-22H. The second-order valence-electron chi connectivity index (χ2n) is 12.0. The fraction of sp³-hybridized carbons (Fsp3) is 0. The maximum Gasteiger partial charge on any atom is 0.135 e. The number of para-hydroxylation sites is 2. The number of fused-ring (bicyclic) bond motifs is 12. The number of rotatable bonds is 3. The summed E-state index contributed by atoms with van der Waals surface area (Å²) in [5.41, 5.74) is 11.1. The topological polar surface area (TPSA) is 48.3 Å². The number of aromatic nitrogens is 4. The normalized spacial score (nSPS) is 12.3. The molecule has 0 fully saturated rings. The average molecular weight is 639 g/mol. The van der Waals surface area contributed by atoms with Crippen LogP contribution in [-0.2, 0) is 0 Å². The molecular formula is C40H22N4OS2. The molecular weight excluding hydrogens is 617 g/mol. The van der Waals surface area contributed by atoms with Crippen LogP contribution in [0, 0.1) is 0 Å². The Kier molecular flexibility index (Phi) is 5.08. The second kappa shape index (κ2) is 9.39. The van der Waals surface area contributed by atoms with Gasteiger partial charge in [-0.25, -0.2) is 4.52 Å². The molecule has 6 aromatic heterocycles. The highest BCUT2D eigenvalue weighted by molar-refractivity contribution is 7.24. The van der Waals surface area contributed by atoms with Crippen LogP contribution < -0.4 is 0 Å². The summed E-state index contributed by atoms with van der Waals surface area (Å²) >= 11 is 3.35. The summed E-state index contributed by atoms with van der Waals surface area (Å²) in [4.78, 5) is 1.23. The molecule has 11 rings (SSSR count). The van der Waals surface area contributed by atoms with Crippen molar-refractivity contribution in [2.24, 2.45) is 0 Å². The minimum absolute atomic E-state index is 0.914. The third kappa shape index (κ3) is 3.58. The summed E-state index contributed by atoms with van der Waals surface area (Å²) in [5, 5.41) is 10.6. The first kappa shape index (κ1) is 25.4. The molecule has 0 atom stereocenters. The molecule has 5 nitrogen and oxygen atoms in total. The maximum absolute atomic E-state index is 6.10. The van der Waals surface area contributed by atoms with Gasteiger partial charge in [0.15, 0.2) is 0 Å². The molecule has 6 heterocycles. The van der Waals surface area contributed by atoms with E-state index in [1.807, 2.05) is 40.4 Å². The zero-order valence-electron chi connectivity index (χ0n) is 24.7. The lowest BCUT2D eigenvalue weighted by atomic mass is 10.0. The van der Waals surface area contributed by atoms with Crippen LogP contribution in [0.2, 0.25) is 0 Å². The van der Waals surface area contributed by atoms with E-state index in [9.17, 15) is 0 Å². The Morgan fingerprint density at radius 2 is 1.34 bits per heavy atom. The van der Waals surface area contributed by atoms with E-state index in [0.717, 1.165) is 38.7 Å². The number of pyridine rings is 1. The van der Waals surface area contributed by atoms with Crippen LogP contribution in [0.3, 0.4) is 0 Å². The molecule has 0 saturated heterocycles. The Bertz CT molecular complexity index is 2980. The van der Waals surface area contributed by atoms with Crippen LogP contribution in [0.25, 0.3) is 96.8 Å². The van der Waals surface area contributed by atoms with Crippen LogP contribution in [0.15, 0.2) is 138 Å². The minimum Gasteiger partial charge on any atom is -0.456 e. The molecule has 0 N–H and O–H groups in total. The summed E-state index contributed by atoms with van der Waals surface area (Å²) in [6.45, 7) is 0. The highest BCUT2D eigenvalue weighted by atomic mass is 32.1. The van der Waals surface area contributed by atoms with Crippen molar-refractivity contribution in [3.05, 3.63) is 134 Å². The van der Waals surface area contributed by atoms with Gasteiger partial charge in [0.1, 0.15) is 16.7 Å². The van der Waals surface area contributed by atoms with Crippen LogP contribution >= 0.6 is 22.9 Å². The molecule has 47 heavy (non-hydrogen) atoms. The van der Waals surface area contributed by atoms with Gasteiger partial charge in [0.25, 0.3) is 0 Å². The van der Waals surface area contributed by atoms with E-state index in [1.54, 1.807) is 0 Å². The Labute approximate surface area is 275 Å². The van der Waals surface area contributed by atoms with Crippen LogP contribution in [0.1, 0.15) is 0 Å². The van der Waals surface area contributed by atoms with E-state index < -0.39 is 0 Å². The van der Waals surface area contributed by atoms with Gasteiger partial charge in [0.05, 0.1) is 38.3 Å². The van der Waals surface area contributed by atoms with Gasteiger partial charge in [0, 0.05) is 37.5 Å². The van der Waals surface area contributed by atoms with Crippen molar-refractivity contribution >= 4 is 92.4 Å². The van der Waals surface area contributed by atoms with Gasteiger partial charge in [-0.05, 0) is 88.9 Å². The summed E-state index contributed by atoms with van der Waals surface area (Å²) in [6.07, 6.45) is 3.79. The molecule has 0 bridgehead atoms. The molecule has 0 spiro atoms. The molecule has 7 heteroatoms. The molecule has 11 aromatic rings. The Hall–Kier alpha value is -5.76. The van der Waals surface area contributed by atoms with Crippen molar-refractivity contribution in [1.82, 2.24) is 18.6 Å². The second-order valence-corrected chi connectivity index (χ2v) is 13.8. The first-order valence-electron chi connectivity index (χ1n) is 15.5. The van der Waals surface area contributed by atoms with E-state index >= 15 is 0 Å². The van der Waals surface area contributed by atoms with Crippen molar-refractivity contribution in [2.75, 3.05) is 0 Å². The largest absolute Gasteiger partial charge is 0.456 e. The maximum atomic E-state index is 6.10. The van der Waals surface area contributed by atoms with Crippen LogP contribution in [0.5, 0.6) is 0 Å². The van der Waals surface area contributed by atoms with E-state index in [0.29, 0.717) is 0 Å². The average Bonchev–Trinajstić information content (AvgIpc) is 3.95. The lowest BCUT2D eigenvalue weighted by molar-refractivity contribution is 0.669. The third-order valence-corrected chi connectivity index (χ3v) is 11.4. The van der Waals surface area contributed by atoms with Crippen molar-refractivity contribution in [3.8, 4) is 27.3 Å². The molecule has 0 radical (unpaired) electrons. The van der Waals surface area contributed by atoms with Gasteiger partial charge in [-0.1, -0.05) is 60.7 Å². The molecule has 0 aliphatic rings. The van der Waals surface area contributed by atoms with E-state index in [-0.39, 0.29) is 0 Å². The Morgan fingerprint density at radius 1 is 0.532 bits per heavy atom. The quantitative estimate of drug-likeness (QED) is 0.193. The summed E-state index contributed by atoms with van der Waals surface area (Å²) in [6, 6.07) is 43.7. The van der Waals surface area contributed by atoms with Crippen LogP contribution in [0.4, 0.5) is 0 Å². The lowest BCUT2D eigenvalue weighted by Gasteiger charge is -2.10. The van der Waals surface area contributed by atoms with Gasteiger partial charge < -0.3 is 8.98 Å². The Balaban J connectivity index is 1.08. The number of nitrogens with zero attached hydrogens (tertiary/aromatic N) is 4. The summed E-state index contributed by atoms with van der Waals surface area (Å²) in [7, 11) is 0. The van der Waals surface area contributed by atoms with Gasteiger partial charge in [-0.2, -0.15) is 9.47 Å². The number of thiophene rings is 1. The third-order valence-electron chi connectivity index (χ3n) is 9.40. The molecule has 5 aromatic carbocycles. The van der Waals surface area contributed by atoms with E-state index in [2.05, 4.69) is 123 Å². The molecule has 0 unspecified atom stereocenters. The van der Waals surface area contributed by atoms with Crippen molar-refractivity contribution in [1.29, 1.82) is 0 Å². The predicted octanol–water partition coefficient (Wildman–Crippen LogP) is 11.5. The summed E-state index contributed by atoms with van der Waals surface area (Å²) in [5.74, 6) is 0. The number of hydrogen-bond acceptors (Lipinski definition) is 5. The minimum atomic E-state index is 0.914. The highest BCUT2D eigenvalue weighted by Gasteiger charge is 2.18. The molecule has 0 amide bonds. The molecule has 0 saturated carbocycles. The van der Waals surface area contributed by atoms with Gasteiger partial charge in [-0.15, -0.1) is 11.3 Å². The van der Waals surface area contributed by atoms with Crippen LogP contribution in [-0.4, -0.2) is 18.6 Å². The van der Waals surface area contributed by atoms with Crippen molar-refractivity contribution in [3.63, 3.8) is 0 Å². The van der Waals surface area contributed by atoms with Crippen molar-refractivity contribution < 1.29 is 4.42 Å². The zero-order chi connectivity index (χ0) is 30.6. The first-order chi connectivity index (χ1) is 23.3. The number of furan rings is 1. The zero-order valence-corrected chi connectivity index (χ0v) is 26.3. The van der Waals surface area contributed by atoms with E-state index in [1.165, 1.54) is 69.7 Å². The first-order valence-corrected chi connectivity index (χ1v) is 17.1. The monoisotopic (exact) mass is 638 g/mol. The molecule has 0 aliphatic heterocycles. The fourth-order valence-electron chi connectivity index (χ4n) is 7.27. The smallest absolute Gasteiger partial charge is 0.135 e.